The van der Waals surface area contributed by atoms with E-state index in [1.54, 1.807) is 24.9 Å². The molecule has 1 N–H and O–H groups in total. The maximum Gasteiger partial charge on any atom is 0.255 e. The molecule has 2 aromatic heterocycles. The summed E-state index contributed by atoms with van der Waals surface area (Å²) < 4.78 is 7.33. The topological polar surface area (TPSA) is 80.4 Å². The molecule has 1 aliphatic heterocycles. The van der Waals surface area contributed by atoms with Crippen molar-refractivity contribution in [1.29, 1.82) is 0 Å². The van der Waals surface area contributed by atoms with Crippen LogP contribution in [-0.2, 0) is 18.3 Å². The van der Waals surface area contributed by atoms with E-state index < -0.39 is 0 Å². The van der Waals surface area contributed by atoms with E-state index in [0.29, 0.717) is 30.6 Å². The van der Waals surface area contributed by atoms with Crippen molar-refractivity contribution in [3.05, 3.63) is 41.9 Å². The Kier molecular flexibility index (Phi) is 4.30. The lowest BCUT2D eigenvalue weighted by Gasteiger charge is -2.41. The largest absolute Gasteiger partial charge is 0.469 e. The molecule has 1 aliphatic carbocycles. The quantitative estimate of drug-likeness (QED) is 0.891. The number of aryl methyl sites for hydroxylation is 2. The Morgan fingerprint density at radius 1 is 1.38 bits per heavy atom. The number of piperidine rings is 1. The van der Waals surface area contributed by atoms with Crippen LogP contribution < -0.4 is 5.32 Å². The van der Waals surface area contributed by atoms with Crippen LogP contribution in [0.1, 0.15) is 60.5 Å². The summed E-state index contributed by atoms with van der Waals surface area (Å²) in [6.45, 7) is 1.96. The van der Waals surface area contributed by atoms with Gasteiger partial charge in [0, 0.05) is 25.9 Å². The summed E-state index contributed by atoms with van der Waals surface area (Å²) in [5.74, 6) is 0.713. The molecule has 0 aromatic carbocycles. The Labute approximate surface area is 152 Å². The summed E-state index contributed by atoms with van der Waals surface area (Å²) in [5, 5.41) is 3.16. The monoisotopic (exact) mass is 356 g/mol. The maximum absolute atomic E-state index is 12.8. The highest BCUT2D eigenvalue weighted by molar-refractivity contribution is 5.95. The second-order valence-corrected chi connectivity index (χ2v) is 7.14. The van der Waals surface area contributed by atoms with Gasteiger partial charge in [-0.25, -0.2) is 4.98 Å². The van der Waals surface area contributed by atoms with Crippen LogP contribution in [0.3, 0.4) is 0 Å². The first kappa shape index (κ1) is 16.9. The smallest absolute Gasteiger partial charge is 0.255 e. The Hall–Kier alpha value is -2.57. The summed E-state index contributed by atoms with van der Waals surface area (Å²) in [6, 6.07) is 1.66. The van der Waals surface area contributed by atoms with Gasteiger partial charge < -0.3 is 19.2 Å². The number of rotatable bonds is 5. The lowest BCUT2D eigenvalue weighted by atomic mass is 9.92. The van der Waals surface area contributed by atoms with Gasteiger partial charge in [-0.1, -0.05) is 6.92 Å². The minimum Gasteiger partial charge on any atom is -0.469 e. The third-order valence-electron chi connectivity index (χ3n) is 5.36. The Balaban J connectivity index is 1.63. The fraction of sp³-hybridized carbons (Fsp3) is 0.526. The normalized spacial score (nSPS) is 23.3. The van der Waals surface area contributed by atoms with Gasteiger partial charge >= 0.3 is 0 Å². The number of imidazole rings is 1. The highest BCUT2D eigenvalue weighted by Gasteiger charge is 2.45. The third kappa shape index (κ3) is 2.91. The van der Waals surface area contributed by atoms with Gasteiger partial charge in [0.05, 0.1) is 42.1 Å². The summed E-state index contributed by atoms with van der Waals surface area (Å²) in [4.78, 5) is 31.7. The molecule has 7 nitrogen and oxygen atoms in total. The number of aromatic nitrogens is 2. The van der Waals surface area contributed by atoms with E-state index in [0.717, 1.165) is 18.5 Å². The molecule has 0 radical (unpaired) electrons. The van der Waals surface area contributed by atoms with E-state index in [4.69, 9.17) is 4.42 Å². The summed E-state index contributed by atoms with van der Waals surface area (Å²) in [5.41, 5.74) is 1.53. The third-order valence-corrected chi connectivity index (χ3v) is 5.36. The molecule has 2 aromatic rings. The predicted octanol–water partition coefficient (Wildman–Crippen LogP) is 2.20. The molecule has 2 fully saturated rings. The van der Waals surface area contributed by atoms with Gasteiger partial charge in [0.1, 0.15) is 5.76 Å². The zero-order chi connectivity index (χ0) is 18.3. The molecular weight excluding hydrogens is 332 g/mol. The van der Waals surface area contributed by atoms with Crippen molar-refractivity contribution < 1.29 is 14.0 Å². The molecule has 0 spiro atoms. The maximum atomic E-state index is 12.8. The van der Waals surface area contributed by atoms with Crippen molar-refractivity contribution in [3.8, 4) is 0 Å². The van der Waals surface area contributed by atoms with Gasteiger partial charge in [-0.3, -0.25) is 9.59 Å². The van der Waals surface area contributed by atoms with E-state index in [-0.39, 0.29) is 29.9 Å². The van der Waals surface area contributed by atoms with Gasteiger partial charge in [0.2, 0.25) is 5.91 Å². The fourth-order valence-electron chi connectivity index (χ4n) is 3.91. The van der Waals surface area contributed by atoms with Crippen molar-refractivity contribution in [2.24, 2.45) is 7.05 Å². The van der Waals surface area contributed by atoms with Gasteiger partial charge in [-0.15, -0.1) is 0 Å². The summed E-state index contributed by atoms with van der Waals surface area (Å²) in [7, 11) is 1.93. The van der Waals surface area contributed by atoms with E-state index >= 15 is 0 Å². The van der Waals surface area contributed by atoms with Crippen LogP contribution >= 0.6 is 0 Å². The van der Waals surface area contributed by atoms with Crippen LogP contribution in [0.5, 0.6) is 0 Å². The fourth-order valence-corrected chi connectivity index (χ4v) is 3.91. The van der Waals surface area contributed by atoms with E-state index in [1.165, 1.54) is 0 Å². The molecule has 2 atom stereocenters. The number of nitrogens with zero attached hydrogens (tertiary/aromatic N) is 3. The number of hydrogen-bond acceptors (Lipinski definition) is 4. The summed E-state index contributed by atoms with van der Waals surface area (Å²) >= 11 is 0. The molecule has 3 heterocycles. The molecular formula is C19H24N4O3. The molecule has 1 saturated heterocycles. The number of likely N-dealkylation sites (tertiary alicyclic amines) is 1. The highest BCUT2D eigenvalue weighted by Crippen LogP contribution is 2.40. The standard InChI is InChI=1S/C19H24N4O3/c1-3-16-13(8-9-26-16)19(25)21-14-6-7-17(24)23(12-4-5-12)18(14)15-10-20-11-22(15)2/h8-12,14,18H,3-7H2,1-2H3,(H,21,25)/t14-,18-/m1/s1. The molecule has 138 valence electrons. The predicted molar refractivity (Wildman–Crippen MR) is 94.4 cm³/mol. The lowest BCUT2D eigenvalue weighted by molar-refractivity contribution is -0.138. The molecule has 0 unspecified atom stereocenters. The van der Waals surface area contributed by atoms with Gasteiger partial charge in [-0.05, 0) is 25.3 Å². The zero-order valence-electron chi connectivity index (χ0n) is 15.1. The molecule has 2 amide bonds. The number of hydrogen-bond donors (Lipinski definition) is 1. The Morgan fingerprint density at radius 2 is 2.19 bits per heavy atom. The number of carbonyl (C=O) groups excluding carboxylic acids is 2. The van der Waals surface area contributed by atoms with Crippen molar-refractivity contribution >= 4 is 11.8 Å². The average Bonchev–Trinajstić information content (AvgIpc) is 3.18. The van der Waals surface area contributed by atoms with Gasteiger partial charge in [0.15, 0.2) is 0 Å². The molecule has 2 aliphatic rings. The van der Waals surface area contributed by atoms with Crippen LogP contribution in [0.15, 0.2) is 29.3 Å². The molecule has 0 bridgehead atoms. The lowest BCUT2D eigenvalue weighted by Crippen LogP contribution is -2.53. The number of nitrogens with one attached hydrogen (secondary N) is 1. The van der Waals surface area contributed by atoms with E-state index in [9.17, 15) is 9.59 Å². The van der Waals surface area contributed by atoms with Crippen molar-refractivity contribution in [3.63, 3.8) is 0 Å². The van der Waals surface area contributed by atoms with Gasteiger partial charge in [0.25, 0.3) is 5.91 Å². The summed E-state index contributed by atoms with van der Waals surface area (Å²) in [6.07, 6.45) is 8.90. The SMILES string of the molecule is CCc1occc1C(=O)N[C@@H]1CCC(=O)N(C2CC2)[C@H]1c1cncn1C. The highest BCUT2D eigenvalue weighted by atomic mass is 16.3. The van der Waals surface area contributed by atoms with E-state index in [1.807, 2.05) is 23.4 Å². The molecule has 7 heteroatoms. The Morgan fingerprint density at radius 3 is 2.85 bits per heavy atom. The molecule has 26 heavy (non-hydrogen) atoms. The first-order valence-corrected chi connectivity index (χ1v) is 9.24. The minimum atomic E-state index is -0.183. The number of carbonyl (C=O) groups is 2. The van der Waals surface area contributed by atoms with Crippen molar-refractivity contribution in [2.45, 2.75) is 57.2 Å². The van der Waals surface area contributed by atoms with E-state index in [2.05, 4.69) is 10.3 Å². The molecule has 1 saturated carbocycles. The average molecular weight is 356 g/mol. The van der Waals surface area contributed by atoms with Crippen LogP contribution in [0, 0.1) is 0 Å². The van der Waals surface area contributed by atoms with Crippen molar-refractivity contribution in [2.75, 3.05) is 0 Å². The first-order chi connectivity index (χ1) is 12.6. The first-order valence-electron chi connectivity index (χ1n) is 9.24. The Bertz CT molecular complexity index is 820. The van der Waals surface area contributed by atoms with Crippen LogP contribution in [-0.4, -0.2) is 38.3 Å². The second-order valence-electron chi connectivity index (χ2n) is 7.14. The zero-order valence-corrected chi connectivity index (χ0v) is 15.1. The minimum absolute atomic E-state index is 0.141. The number of furan rings is 1. The van der Waals surface area contributed by atoms with Gasteiger partial charge in [-0.2, -0.15) is 0 Å². The van der Waals surface area contributed by atoms with Crippen LogP contribution in [0.2, 0.25) is 0 Å². The molecule has 4 rings (SSSR count). The van der Waals surface area contributed by atoms with Crippen molar-refractivity contribution in [1.82, 2.24) is 19.8 Å². The number of amides is 2. The van der Waals surface area contributed by atoms with Crippen LogP contribution in [0.4, 0.5) is 0 Å². The second kappa shape index (κ2) is 6.63. The van der Waals surface area contributed by atoms with Crippen LogP contribution in [0.25, 0.3) is 0 Å².